The van der Waals surface area contributed by atoms with Crippen LogP contribution in [-0.2, 0) is 11.8 Å². The van der Waals surface area contributed by atoms with Crippen LogP contribution in [0.1, 0.15) is 47.4 Å². The van der Waals surface area contributed by atoms with Crippen molar-refractivity contribution in [3.63, 3.8) is 0 Å². The Morgan fingerprint density at radius 3 is 2.40 bits per heavy atom. The first kappa shape index (κ1) is 23.1. The second kappa shape index (κ2) is 9.20. The molecule has 3 heterocycles. The lowest BCUT2D eigenvalue weighted by molar-refractivity contribution is -0.119. The van der Waals surface area contributed by atoms with Crippen molar-refractivity contribution in [2.24, 2.45) is 24.8 Å². The first-order valence-corrected chi connectivity index (χ1v) is 12.0. The van der Waals surface area contributed by atoms with Crippen LogP contribution in [0.5, 0.6) is 0 Å². The van der Waals surface area contributed by atoms with Crippen LogP contribution in [0.2, 0.25) is 0 Å². The fourth-order valence-corrected chi connectivity index (χ4v) is 4.86. The maximum Gasteiger partial charge on any atom is 0.270 e. The number of rotatable bonds is 8. The van der Waals surface area contributed by atoms with Crippen molar-refractivity contribution in [1.29, 1.82) is 0 Å². The number of aromatic nitrogens is 4. The third-order valence-corrected chi connectivity index (χ3v) is 6.95. The van der Waals surface area contributed by atoms with Gasteiger partial charge in [0, 0.05) is 36.3 Å². The molecule has 35 heavy (non-hydrogen) atoms. The average molecular weight is 477 g/mol. The van der Waals surface area contributed by atoms with Gasteiger partial charge < -0.3 is 10.6 Å². The predicted octanol–water partition coefficient (Wildman–Crippen LogP) is 3.81. The average Bonchev–Trinajstić information content (AvgIpc) is 3.75. The molecule has 0 unspecified atom stereocenters. The molecule has 0 aliphatic heterocycles. The number of carbonyl (C=O) groups excluding carboxylic acids is 2. The lowest BCUT2D eigenvalue weighted by Crippen LogP contribution is -2.50. The second-order valence-electron chi connectivity index (χ2n) is 9.71. The summed E-state index contributed by atoms with van der Waals surface area (Å²) in [7, 11) is 1.68. The molecule has 3 aromatic rings. The molecule has 2 aliphatic carbocycles. The zero-order valence-electron chi connectivity index (χ0n) is 20.1. The van der Waals surface area contributed by atoms with Crippen molar-refractivity contribution in [3.8, 4) is 11.1 Å². The molecule has 2 amide bonds. The van der Waals surface area contributed by atoms with Crippen LogP contribution in [0.15, 0.2) is 36.7 Å². The van der Waals surface area contributed by atoms with Gasteiger partial charge in [-0.15, -0.1) is 0 Å². The van der Waals surface area contributed by atoms with Crippen molar-refractivity contribution >= 4 is 17.6 Å². The van der Waals surface area contributed by atoms with E-state index >= 15 is 4.39 Å². The summed E-state index contributed by atoms with van der Waals surface area (Å²) >= 11 is 0. The standard InChI is InChI=1S/C26H29FN6O2/c1-14-12-19(15(2)28-13-14)18-8-9-21(30-24(18)27)31-26(35)23(22(16-4-5-16)17-6-7-17)32-25(34)20-10-11-29-33(20)3/h8-13,16-17,22-23H,4-7H2,1-3H3,(H,32,34)(H,30,31,35)/t23-/m0/s1. The summed E-state index contributed by atoms with van der Waals surface area (Å²) in [4.78, 5) is 34.7. The summed E-state index contributed by atoms with van der Waals surface area (Å²) in [5.41, 5.74) is 2.98. The predicted molar refractivity (Wildman–Crippen MR) is 129 cm³/mol. The first-order valence-electron chi connectivity index (χ1n) is 12.0. The SMILES string of the molecule is Cc1cnc(C)c(-c2ccc(NC(=O)[C@@H](NC(=O)c3ccnn3C)C(C3CC3)C3CC3)nc2F)c1. The van der Waals surface area contributed by atoms with Gasteiger partial charge in [0.25, 0.3) is 5.91 Å². The van der Waals surface area contributed by atoms with Gasteiger partial charge in [-0.25, -0.2) is 4.98 Å². The molecule has 0 saturated heterocycles. The molecule has 0 bridgehead atoms. The third-order valence-electron chi connectivity index (χ3n) is 6.95. The summed E-state index contributed by atoms with van der Waals surface area (Å²) in [6, 6.07) is 5.93. The van der Waals surface area contributed by atoms with E-state index < -0.39 is 12.0 Å². The number of amides is 2. The van der Waals surface area contributed by atoms with E-state index in [1.165, 1.54) is 4.68 Å². The summed E-state index contributed by atoms with van der Waals surface area (Å²) < 4.78 is 16.5. The van der Waals surface area contributed by atoms with Crippen molar-refractivity contribution in [2.45, 2.75) is 45.6 Å². The molecule has 2 aliphatic rings. The Morgan fingerprint density at radius 2 is 1.80 bits per heavy atom. The van der Waals surface area contributed by atoms with E-state index in [0.29, 0.717) is 34.4 Å². The summed E-state index contributed by atoms with van der Waals surface area (Å²) in [6.45, 7) is 3.71. The number of halogens is 1. The van der Waals surface area contributed by atoms with Gasteiger partial charge in [0.1, 0.15) is 17.6 Å². The highest BCUT2D eigenvalue weighted by Gasteiger charge is 2.48. The molecule has 0 radical (unpaired) electrons. The van der Waals surface area contributed by atoms with Crippen LogP contribution in [0, 0.1) is 37.5 Å². The minimum atomic E-state index is -0.731. The van der Waals surface area contributed by atoms with Gasteiger partial charge in [0.2, 0.25) is 11.9 Å². The molecule has 8 nitrogen and oxygen atoms in total. The van der Waals surface area contributed by atoms with Gasteiger partial charge in [0.15, 0.2) is 0 Å². The molecule has 9 heteroatoms. The van der Waals surface area contributed by atoms with E-state index in [1.54, 1.807) is 37.6 Å². The van der Waals surface area contributed by atoms with Crippen molar-refractivity contribution in [3.05, 3.63) is 59.6 Å². The van der Waals surface area contributed by atoms with Gasteiger partial charge in [-0.2, -0.15) is 9.49 Å². The Bertz CT molecular complexity index is 1270. The van der Waals surface area contributed by atoms with Crippen LogP contribution in [-0.4, -0.2) is 37.6 Å². The highest BCUT2D eigenvalue weighted by molar-refractivity contribution is 6.00. The maximum absolute atomic E-state index is 15.0. The van der Waals surface area contributed by atoms with Crippen LogP contribution >= 0.6 is 0 Å². The molecule has 2 saturated carbocycles. The molecule has 3 aromatic heterocycles. The van der Waals surface area contributed by atoms with E-state index in [-0.39, 0.29) is 23.6 Å². The summed E-state index contributed by atoms with van der Waals surface area (Å²) in [6.07, 6.45) is 7.49. The Kier molecular flexibility index (Phi) is 6.08. The van der Waals surface area contributed by atoms with E-state index in [4.69, 9.17) is 0 Å². The van der Waals surface area contributed by atoms with E-state index in [9.17, 15) is 9.59 Å². The Balaban J connectivity index is 1.38. The highest BCUT2D eigenvalue weighted by atomic mass is 19.1. The molecule has 0 spiro atoms. The van der Waals surface area contributed by atoms with Gasteiger partial charge in [-0.3, -0.25) is 19.3 Å². The van der Waals surface area contributed by atoms with E-state index in [0.717, 1.165) is 31.2 Å². The van der Waals surface area contributed by atoms with Crippen LogP contribution < -0.4 is 10.6 Å². The molecular weight excluding hydrogens is 447 g/mol. The molecular formula is C26H29FN6O2. The number of hydrogen-bond acceptors (Lipinski definition) is 5. The first-order chi connectivity index (χ1) is 16.8. The highest BCUT2D eigenvalue weighted by Crippen LogP contribution is 2.51. The second-order valence-corrected chi connectivity index (χ2v) is 9.71. The smallest absolute Gasteiger partial charge is 0.270 e. The normalized spacial score (nSPS) is 16.3. The summed E-state index contributed by atoms with van der Waals surface area (Å²) in [5, 5.41) is 9.75. The van der Waals surface area contributed by atoms with Crippen LogP contribution in [0.3, 0.4) is 0 Å². The number of carbonyl (C=O) groups is 2. The summed E-state index contributed by atoms with van der Waals surface area (Å²) in [5.74, 6) is -0.430. The van der Waals surface area contributed by atoms with Crippen molar-refractivity contribution in [1.82, 2.24) is 25.1 Å². The largest absolute Gasteiger partial charge is 0.339 e. The molecule has 2 N–H and O–H groups in total. The fourth-order valence-electron chi connectivity index (χ4n) is 4.86. The number of anilines is 1. The van der Waals surface area contributed by atoms with E-state index in [1.807, 2.05) is 19.9 Å². The molecule has 0 aromatic carbocycles. The number of pyridine rings is 2. The molecule has 5 rings (SSSR count). The Labute approximate surface area is 203 Å². The molecule has 1 atom stereocenters. The number of nitrogens with zero attached hydrogens (tertiary/aromatic N) is 4. The monoisotopic (exact) mass is 476 g/mol. The van der Waals surface area contributed by atoms with Crippen LogP contribution in [0.25, 0.3) is 11.1 Å². The maximum atomic E-state index is 15.0. The Hall–Kier alpha value is -3.62. The van der Waals surface area contributed by atoms with Crippen LogP contribution in [0.4, 0.5) is 10.2 Å². The number of hydrogen-bond donors (Lipinski definition) is 2. The third kappa shape index (κ3) is 4.94. The lowest BCUT2D eigenvalue weighted by Gasteiger charge is -2.27. The number of aryl methyl sites for hydroxylation is 3. The molecule has 182 valence electrons. The fraction of sp³-hybridized carbons (Fsp3) is 0.423. The number of nitrogens with one attached hydrogen (secondary N) is 2. The minimum absolute atomic E-state index is 0.0531. The lowest BCUT2D eigenvalue weighted by atomic mass is 9.88. The topological polar surface area (TPSA) is 102 Å². The zero-order valence-corrected chi connectivity index (χ0v) is 20.1. The van der Waals surface area contributed by atoms with Crippen molar-refractivity contribution in [2.75, 3.05) is 5.32 Å². The zero-order chi connectivity index (χ0) is 24.7. The van der Waals surface area contributed by atoms with Crippen molar-refractivity contribution < 1.29 is 14.0 Å². The van der Waals surface area contributed by atoms with Gasteiger partial charge in [0.05, 0.1) is 0 Å². The minimum Gasteiger partial charge on any atom is -0.339 e. The van der Waals surface area contributed by atoms with Gasteiger partial charge >= 0.3 is 0 Å². The van der Waals surface area contributed by atoms with Gasteiger partial charge in [-0.05, 0) is 87.1 Å². The Morgan fingerprint density at radius 1 is 1.09 bits per heavy atom. The quantitative estimate of drug-likeness (QED) is 0.482. The van der Waals surface area contributed by atoms with E-state index in [2.05, 4.69) is 25.7 Å². The van der Waals surface area contributed by atoms with Gasteiger partial charge in [-0.1, -0.05) is 0 Å². The molecule has 2 fully saturated rings.